The molecule has 1 rings (SSSR count). The van der Waals surface area contributed by atoms with Crippen LogP contribution in [0.2, 0.25) is 0 Å². The van der Waals surface area contributed by atoms with Crippen molar-refractivity contribution in [3.8, 4) is 0 Å². The maximum atomic E-state index is 12.9. The Morgan fingerprint density at radius 1 is 1.27 bits per heavy atom. The molecular formula is C16H22FNO4. The Hall–Kier alpha value is -2.11. The van der Waals surface area contributed by atoms with Crippen molar-refractivity contribution < 1.29 is 23.8 Å². The molecule has 0 aliphatic rings. The van der Waals surface area contributed by atoms with Crippen LogP contribution in [0.25, 0.3) is 0 Å². The fourth-order valence-electron chi connectivity index (χ4n) is 1.88. The zero-order valence-corrected chi connectivity index (χ0v) is 13.3. The number of carbonyl (C=O) groups is 2. The summed E-state index contributed by atoms with van der Waals surface area (Å²) in [7, 11) is 1.49. The van der Waals surface area contributed by atoms with Crippen molar-refractivity contribution in [2.45, 2.75) is 32.8 Å². The normalized spacial score (nSPS) is 12.6. The van der Waals surface area contributed by atoms with Crippen LogP contribution in [0.5, 0.6) is 0 Å². The number of benzene rings is 1. The Kier molecular flexibility index (Phi) is 5.91. The predicted octanol–water partition coefficient (Wildman–Crippen LogP) is 2.94. The SMILES string of the molecule is CN(CC(Cc1ccc(F)cc1)C(=O)O)C(=O)OC(C)(C)C. The second-order valence-corrected chi connectivity index (χ2v) is 6.23. The summed E-state index contributed by atoms with van der Waals surface area (Å²) in [5.41, 5.74) is 0.0625. The van der Waals surface area contributed by atoms with Gasteiger partial charge >= 0.3 is 12.1 Å². The molecular weight excluding hydrogens is 289 g/mol. The van der Waals surface area contributed by atoms with Gasteiger partial charge in [-0.05, 0) is 44.9 Å². The van der Waals surface area contributed by atoms with Gasteiger partial charge in [0.25, 0.3) is 0 Å². The quantitative estimate of drug-likeness (QED) is 0.908. The largest absolute Gasteiger partial charge is 0.481 e. The number of halogens is 1. The molecule has 1 atom stereocenters. The summed E-state index contributed by atoms with van der Waals surface area (Å²) in [5.74, 6) is -2.18. The fraction of sp³-hybridized carbons (Fsp3) is 0.500. The third-order valence-corrected chi connectivity index (χ3v) is 2.94. The van der Waals surface area contributed by atoms with Gasteiger partial charge in [-0.2, -0.15) is 0 Å². The predicted molar refractivity (Wildman–Crippen MR) is 80.1 cm³/mol. The molecule has 0 saturated heterocycles. The van der Waals surface area contributed by atoms with Crippen LogP contribution in [0.1, 0.15) is 26.3 Å². The second kappa shape index (κ2) is 7.24. The lowest BCUT2D eigenvalue weighted by Crippen LogP contribution is -2.39. The molecule has 0 heterocycles. The molecule has 5 nitrogen and oxygen atoms in total. The number of rotatable bonds is 5. The zero-order valence-electron chi connectivity index (χ0n) is 13.3. The third kappa shape index (κ3) is 6.11. The Morgan fingerprint density at radius 3 is 2.27 bits per heavy atom. The molecule has 6 heteroatoms. The molecule has 1 N–H and O–H groups in total. The molecule has 0 bridgehead atoms. The van der Waals surface area contributed by atoms with Gasteiger partial charge in [0.1, 0.15) is 11.4 Å². The van der Waals surface area contributed by atoms with Crippen LogP contribution in [0, 0.1) is 11.7 Å². The van der Waals surface area contributed by atoms with Gasteiger partial charge in [0.2, 0.25) is 0 Å². The van der Waals surface area contributed by atoms with Crippen LogP contribution in [-0.4, -0.2) is 41.3 Å². The summed E-state index contributed by atoms with van der Waals surface area (Å²) in [6.07, 6.45) is -0.360. The molecule has 1 aromatic carbocycles. The van der Waals surface area contributed by atoms with Gasteiger partial charge < -0.3 is 14.7 Å². The van der Waals surface area contributed by atoms with Gasteiger partial charge in [-0.1, -0.05) is 12.1 Å². The number of hydrogen-bond acceptors (Lipinski definition) is 3. The number of hydrogen-bond donors (Lipinski definition) is 1. The van der Waals surface area contributed by atoms with E-state index < -0.39 is 23.6 Å². The van der Waals surface area contributed by atoms with E-state index in [0.717, 1.165) is 0 Å². The van der Waals surface area contributed by atoms with Crippen LogP contribution in [0.4, 0.5) is 9.18 Å². The van der Waals surface area contributed by atoms with Crippen molar-refractivity contribution >= 4 is 12.1 Å². The number of carboxylic acid groups (broad SMARTS) is 1. The maximum Gasteiger partial charge on any atom is 0.410 e. The minimum Gasteiger partial charge on any atom is -0.481 e. The smallest absolute Gasteiger partial charge is 0.410 e. The number of carbonyl (C=O) groups excluding carboxylic acids is 1. The topological polar surface area (TPSA) is 66.8 Å². The van der Waals surface area contributed by atoms with Gasteiger partial charge in [-0.25, -0.2) is 9.18 Å². The molecule has 22 heavy (non-hydrogen) atoms. The van der Waals surface area contributed by atoms with Crippen LogP contribution >= 0.6 is 0 Å². The summed E-state index contributed by atoms with van der Waals surface area (Å²) in [5, 5.41) is 9.30. The zero-order chi connectivity index (χ0) is 16.9. The highest BCUT2D eigenvalue weighted by Gasteiger charge is 2.25. The van der Waals surface area contributed by atoms with Crippen LogP contribution in [-0.2, 0) is 16.0 Å². The molecule has 0 fully saturated rings. The van der Waals surface area contributed by atoms with E-state index in [-0.39, 0.29) is 18.8 Å². The Balaban J connectivity index is 2.70. The monoisotopic (exact) mass is 311 g/mol. The van der Waals surface area contributed by atoms with E-state index in [4.69, 9.17) is 4.74 Å². The van der Waals surface area contributed by atoms with E-state index in [2.05, 4.69) is 0 Å². The van der Waals surface area contributed by atoms with E-state index in [1.165, 1.54) is 24.1 Å². The molecule has 0 saturated carbocycles. The van der Waals surface area contributed by atoms with Crippen molar-refractivity contribution in [3.05, 3.63) is 35.6 Å². The first-order valence-corrected chi connectivity index (χ1v) is 7.00. The number of nitrogens with zero attached hydrogens (tertiary/aromatic N) is 1. The van der Waals surface area contributed by atoms with Gasteiger partial charge in [0.05, 0.1) is 5.92 Å². The first-order chi connectivity index (χ1) is 10.1. The summed E-state index contributed by atoms with van der Waals surface area (Å²) >= 11 is 0. The lowest BCUT2D eigenvalue weighted by atomic mass is 9.99. The molecule has 122 valence electrons. The summed E-state index contributed by atoms with van der Waals surface area (Å²) in [4.78, 5) is 24.5. The van der Waals surface area contributed by atoms with E-state index in [1.54, 1.807) is 32.9 Å². The van der Waals surface area contributed by atoms with Crippen molar-refractivity contribution in [3.63, 3.8) is 0 Å². The standard InChI is InChI=1S/C16H22FNO4/c1-16(2,3)22-15(21)18(4)10-12(14(19)20)9-11-5-7-13(17)8-6-11/h5-8,12H,9-10H2,1-4H3,(H,19,20). The van der Waals surface area contributed by atoms with Crippen molar-refractivity contribution in [2.24, 2.45) is 5.92 Å². The van der Waals surface area contributed by atoms with Crippen LogP contribution in [0.3, 0.4) is 0 Å². The second-order valence-electron chi connectivity index (χ2n) is 6.23. The van der Waals surface area contributed by atoms with Gasteiger partial charge in [-0.3, -0.25) is 4.79 Å². The van der Waals surface area contributed by atoms with Crippen molar-refractivity contribution in [1.82, 2.24) is 4.90 Å². The molecule has 0 aliphatic carbocycles. The average molecular weight is 311 g/mol. The van der Waals surface area contributed by atoms with E-state index in [0.29, 0.717) is 5.56 Å². The first-order valence-electron chi connectivity index (χ1n) is 7.00. The number of ether oxygens (including phenoxy) is 1. The maximum absolute atomic E-state index is 12.9. The minimum absolute atomic E-state index is 0.0155. The third-order valence-electron chi connectivity index (χ3n) is 2.94. The highest BCUT2D eigenvalue weighted by Crippen LogP contribution is 2.14. The number of amides is 1. The number of aliphatic carboxylic acids is 1. The van der Waals surface area contributed by atoms with Gasteiger partial charge in [0.15, 0.2) is 0 Å². The highest BCUT2D eigenvalue weighted by molar-refractivity contribution is 5.73. The lowest BCUT2D eigenvalue weighted by Gasteiger charge is -2.26. The summed E-state index contributed by atoms with van der Waals surface area (Å²) in [6.45, 7) is 5.24. The van der Waals surface area contributed by atoms with Crippen molar-refractivity contribution in [1.29, 1.82) is 0 Å². The van der Waals surface area contributed by atoms with Crippen LogP contribution < -0.4 is 0 Å². The lowest BCUT2D eigenvalue weighted by molar-refractivity contribution is -0.142. The first kappa shape index (κ1) is 17.9. The van der Waals surface area contributed by atoms with E-state index >= 15 is 0 Å². The molecule has 0 spiro atoms. The van der Waals surface area contributed by atoms with Crippen LogP contribution in [0.15, 0.2) is 24.3 Å². The van der Waals surface area contributed by atoms with Crippen molar-refractivity contribution in [2.75, 3.05) is 13.6 Å². The van der Waals surface area contributed by atoms with Gasteiger partial charge in [0, 0.05) is 13.6 Å². The summed E-state index contributed by atoms with van der Waals surface area (Å²) < 4.78 is 18.1. The fourth-order valence-corrected chi connectivity index (χ4v) is 1.88. The molecule has 0 radical (unpaired) electrons. The Morgan fingerprint density at radius 2 is 1.82 bits per heavy atom. The Bertz CT molecular complexity index is 522. The molecule has 1 aromatic rings. The Labute approximate surface area is 129 Å². The molecule has 0 aliphatic heterocycles. The van der Waals surface area contributed by atoms with Gasteiger partial charge in [-0.15, -0.1) is 0 Å². The molecule has 1 amide bonds. The molecule has 1 unspecified atom stereocenters. The number of carboxylic acids is 1. The summed E-state index contributed by atoms with van der Waals surface area (Å²) in [6, 6.07) is 5.65. The van der Waals surface area contributed by atoms with E-state index in [9.17, 15) is 19.1 Å². The molecule has 0 aromatic heterocycles. The average Bonchev–Trinajstić information content (AvgIpc) is 2.38. The van der Waals surface area contributed by atoms with E-state index in [1.807, 2.05) is 0 Å². The minimum atomic E-state index is -1.01. The highest BCUT2D eigenvalue weighted by atomic mass is 19.1.